The number of hydrogen-bond donors (Lipinski definition) is 3. The molecule has 0 aliphatic heterocycles. The molecule has 3 N–H and O–H groups in total. The summed E-state index contributed by atoms with van der Waals surface area (Å²) in [6.07, 6.45) is 1.22. The highest BCUT2D eigenvalue weighted by molar-refractivity contribution is 5.83. The van der Waals surface area contributed by atoms with Gasteiger partial charge in [0, 0.05) is 6.21 Å². The molecule has 0 aliphatic carbocycles. The number of aromatic nitrogens is 2. The fourth-order valence-corrected chi connectivity index (χ4v) is 1.55. The molecular formula is C13H13N3O3. The van der Waals surface area contributed by atoms with Crippen molar-refractivity contribution in [1.82, 2.24) is 9.97 Å². The predicted molar refractivity (Wildman–Crippen MR) is 72.5 cm³/mol. The largest absolute Gasteiger partial charge is 0.494 e. The second-order valence-corrected chi connectivity index (χ2v) is 4.20. The molecule has 0 aliphatic rings. The highest BCUT2D eigenvalue weighted by Crippen LogP contribution is 2.17. The Bertz CT molecular complexity index is 756. The Kier molecular flexibility index (Phi) is 3.33. The second-order valence-electron chi connectivity index (χ2n) is 4.20. The highest BCUT2D eigenvalue weighted by atomic mass is 16.3. The van der Waals surface area contributed by atoms with E-state index >= 15 is 0 Å². The SMILES string of the molecule is Cc1ccc(N=Cc2c(O)[nH]c(=O)[nH]c2=O)cc1C. The topological polar surface area (TPSA) is 98.3 Å². The molecule has 0 atom stereocenters. The van der Waals surface area contributed by atoms with E-state index in [2.05, 4.69) is 9.98 Å². The van der Waals surface area contributed by atoms with E-state index in [1.807, 2.05) is 31.0 Å². The van der Waals surface area contributed by atoms with E-state index in [1.54, 1.807) is 6.07 Å². The number of benzene rings is 1. The van der Waals surface area contributed by atoms with Crippen molar-refractivity contribution in [3.63, 3.8) is 0 Å². The molecule has 98 valence electrons. The lowest BCUT2D eigenvalue weighted by molar-refractivity contribution is 0.447. The van der Waals surface area contributed by atoms with E-state index in [-0.39, 0.29) is 5.56 Å². The van der Waals surface area contributed by atoms with Gasteiger partial charge >= 0.3 is 5.69 Å². The third kappa shape index (κ3) is 2.79. The first kappa shape index (κ1) is 12.8. The Morgan fingerprint density at radius 3 is 2.53 bits per heavy atom. The molecule has 0 fully saturated rings. The van der Waals surface area contributed by atoms with Gasteiger partial charge in [0.1, 0.15) is 5.56 Å². The normalized spacial score (nSPS) is 11.1. The minimum atomic E-state index is -0.758. The number of aliphatic imine (C=N–C) groups is 1. The van der Waals surface area contributed by atoms with Crippen LogP contribution in [0, 0.1) is 13.8 Å². The standard InChI is InChI=1S/C13H13N3O3/c1-7-3-4-9(5-8(7)2)14-6-10-11(17)15-13(19)16-12(10)18/h3-6H,1-2H3,(H3,15,16,17,18,19). The minimum absolute atomic E-state index is 0.0853. The number of hydrogen-bond acceptors (Lipinski definition) is 4. The Balaban J connectivity index is 2.40. The Morgan fingerprint density at radius 2 is 1.89 bits per heavy atom. The molecule has 1 aromatic carbocycles. The molecule has 0 amide bonds. The van der Waals surface area contributed by atoms with E-state index in [9.17, 15) is 14.7 Å². The quantitative estimate of drug-likeness (QED) is 0.705. The Labute approximate surface area is 108 Å². The molecule has 2 aromatic rings. The zero-order valence-electron chi connectivity index (χ0n) is 10.5. The van der Waals surface area contributed by atoms with Crippen molar-refractivity contribution >= 4 is 11.9 Å². The predicted octanol–water partition coefficient (Wildman–Crippen LogP) is 1.14. The van der Waals surface area contributed by atoms with Crippen LogP contribution < -0.4 is 11.2 Å². The average molecular weight is 259 g/mol. The van der Waals surface area contributed by atoms with E-state index in [1.165, 1.54) is 6.21 Å². The molecule has 0 bridgehead atoms. The van der Waals surface area contributed by atoms with Gasteiger partial charge in [-0.25, -0.2) is 4.79 Å². The zero-order chi connectivity index (χ0) is 14.0. The third-order valence-electron chi connectivity index (χ3n) is 2.79. The first-order valence-electron chi connectivity index (χ1n) is 5.64. The summed E-state index contributed by atoms with van der Waals surface area (Å²) in [6.45, 7) is 3.94. The van der Waals surface area contributed by atoms with Gasteiger partial charge in [-0.3, -0.25) is 19.8 Å². The fraction of sp³-hybridized carbons (Fsp3) is 0.154. The molecule has 19 heavy (non-hydrogen) atoms. The van der Waals surface area contributed by atoms with E-state index < -0.39 is 17.1 Å². The molecule has 2 rings (SSSR count). The molecule has 0 saturated carbocycles. The van der Waals surface area contributed by atoms with E-state index in [0.717, 1.165) is 11.1 Å². The Morgan fingerprint density at radius 1 is 1.16 bits per heavy atom. The molecular weight excluding hydrogens is 246 g/mol. The van der Waals surface area contributed by atoms with Crippen LogP contribution in [-0.2, 0) is 0 Å². The van der Waals surface area contributed by atoms with Crippen LogP contribution in [0.2, 0.25) is 0 Å². The van der Waals surface area contributed by atoms with Gasteiger partial charge in [0.25, 0.3) is 5.56 Å². The number of nitrogens with zero attached hydrogens (tertiary/aromatic N) is 1. The lowest BCUT2D eigenvalue weighted by Crippen LogP contribution is -2.24. The number of aromatic amines is 2. The minimum Gasteiger partial charge on any atom is -0.494 e. The summed E-state index contributed by atoms with van der Waals surface area (Å²) in [4.78, 5) is 30.6. The molecule has 0 radical (unpaired) electrons. The van der Waals surface area contributed by atoms with Crippen LogP contribution in [0.25, 0.3) is 0 Å². The molecule has 1 heterocycles. The third-order valence-corrected chi connectivity index (χ3v) is 2.79. The monoisotopic (exact) mass is 259 g/mol. The van der Waals surface area contributed by atoms with Crippen LogP contribution >= 0.6 is 0 Å². The zero-order valence-corrected chi connectivity index (χ0v) is 10.5. The van der Waals surface area contributed by atoms with Crippen LogP contribution in [0.5, 0.6) is 5.88 Å². The Hall–Kier alpha value is -2.63. The summed E-state index contributed by atoms with van der Waals surface area (Å²) in [7, 11) is 0. The van der Waals surface area contributed by atoms with Crippen molar-refractivity contribution in [1.29, 1.82) is 0 Å². The summed E-state index contributed by atoms with van der Waals surface area (Å²) >= 11 is 0. The lowest BCUT2D eigenvalue weighted by atomic mass is 10.1. The van der Waals surface area contributed by atoms with Gasteiger partial charge in [0.05, 0.1) is 5.69 Å². The van der Waals surface area contributed by atoms with Gasteiger partial charge in [-0.05, 0) is 37.1 Å². The van der Waals surface area contributed by atoms with E-state index in [4.69, 9.17) is 0 Å². The van der Waals surface area contributed by atoms with Crippen LogP contribution in [0.15, 0.2) is 32.8 Å². The van der Waals surface area contributed by atoms with Gasteiger partial charge in [-0.1, -0.05) is 6.07 Å². The number of aryl methyl sites for hydroxylation is 2. The van der Waals surface area contributed by atoms with Crippen LogP contribution in [0.1, 0.15) is 16.7 Å². The van der Waals surface area contributed by atoms with Gasteiger partial charge < -0.3 is 5.11 Å². The van der Waals surface area contributed by atoms with E-state index in [0.29, 0.717) is 5.69 Å². The first-order valence-corrected chi connectivity index (χ1v) is 5.64. The van der Waals surface area contributed by atoms with Crippen LogP contribution in [-0.4, -0.2) is 21.3 Å². The van der Waals surface area contributed by atoms with Gasteiger partial charge in [0.15, 0.2) is 0 Å². The maximum atomic E-state index is 11.5. The van der Waals surface area contributed by atoms with Crippen molar-refractivity contribution in [2.75, 3.05) is 0 Å². The maximum absolute atomic E-state index is 11.5. The number of nitrogens with one attached hydrogen (secondary N) is 2. The van der Waals surface area contributed by atoms with Crippen molar-refractivity contribution < 1.29 is 5.11 Å². The summed E-state index contributed by atoms with van der Waals surface area (Å²) in [5, 5.41) is 9.48. The summed E-state index contributed by atoms with van der Waals surface area (Å²) in [5.41, 5.74) is 1.35. The molecule has 1 aromatic heterocycles. The highest BCUT2D eigenvalue weighted by Gasteiger charge is 2.05. The van der Waals surface area contributed by atoms with Gasteiger partial charge in [0.2, 0.25) is 5.88 Å². The number of rotatable bonds is 2. The summed E-state index contributed by atoms with van der Waals surface area (Å²) in [5.74, 6) is -0.499. The van der Waals surface area contributed by atoms with Crippen molar-refractivity contribution in [3.05, 3.63) is 55.7 Å². The maximum Gasteiger partial charge on any atom is 0.328 e. The van der Waals surface area contributed by atoms with Crippen LogP contribution in [0.3, 0.4) is 0 Å². The smallest absolute Gasteiger partial charge is 0.328 e. The molecule has 0 saturated heterocycles. The van der Waals surface area contributed by atoms with Crippen molar-refractivity contribution in [2.45, 2.75) is 13.8 Å². The average Bonchev–Trinajstić information content (AvgIpc) is 2.32. The summed E-state index contributed by atoms with van der Waals surface area (Å²) < 4.78 is 0. The lowest BCUT2D eigenvalue weighted by Gasteiger charge is -2.00. The number of aromatic hydroxyl groups is 1. The van der Waals surface area contributed by atoms with Crippen molar-refractivity contribution in [3.8, 4) is 5.88 Å². The molecule has 6 heteroatoms. The molecule has 0 spiro atoms. The molecule has 6 nitrogen and oxygen atoms in total. The van der Waals surface area contributed by atoms with Crippen LogP contribution in [0.4, 0.5) is 5.69 Å². The first-order chi connectivity index (χ1) is 8.97. The van der Waals surface area contributed by atoms with Gasteiger partial charge in [-0.2, -0.15) is 0 Å². The second kappa shape index (κ2) is 4.93. The fourth-order valence-electron chi connectivity index (χ4n) is 1.55. The van der Waals surface area contributed by atoms with Crippen molar-refractivity contribution in [2.24, 2.45) is 4.99 Å². The summed E-state index contributed by atoms with van der Waals surface area (Å²) in [6, 6.07) is 5.58. The van der Waals surface area contributed by atoms with Gasteiger partial charge in [-0.15, -0.1) is 0 Å². The number of H-pyrrole nitrogens is 2. The molecule has 0 unspecified atom stereocenters.